The Morgan fingerprint density at radius 1 is 1.00 bits per heavy atom. The molecule has 1 N–H and O–H groups in total. The van der Waals surface area contributed by atoms with Gasteiger partial charge in [-0.1, -0.05) is 46.3 Å². The van der Waals surface area contributed by atoms with Crippen LogP contribution in [-0.2, 0) is 4.79 Å². The number of amidine groups is 1. The van der Waals surface area contributed by atoms with Gasteiger partial charge in [0.15, 0.2) is 0 Å². The monoisotopic (exact) mass is 448 g/mol. The number of anilines is 1. The van der Waals surface area contributed by atoms with E-state index in [2.05, 4.69) is 20.9 Å². The first-order valence-electron chi connectivity index (χ1n) is 8.89. The van der Waals surface area contributed by atoms with E-state index in [1.54, 1.807) is 42.4 Å². The van der Waals surface area contributed by atoms with Crippen LogP contribution in [0.25, 0.3) is 6.08 Å². The smallest absolute Gasteiger partial charge is 0.282 e. The molecule has 1 heterocycles. The topological polar surface area (TPSA) is 62.1 Å². The van der Waals surface area contributed by atoms with Crippen molar-refractivity contribution in [1.29, 1.82) is 0 Å². The van der Waals surface area contributed by atoms with E-state index in [4.69, 9.17) is 4.74 Å². The fraction of sp³-hybridized carbons (Fsp3) is 0.0435. The third-order valence-corrected chi connectivity index (χ3v) is 5.19. The third kappa shape index (κ3) is 3.79. The van der Waals surface area contributed by atoms with Gasteiger partial charge in [-0.2, -0.15) is 0 Å². The van der Waals surface area contributed by atoms with Crippen molar-refractivity contribution >= 4 is 39.4 Å². The Morgan fingerprint density at radius 2 is 1.69 bits per heavy atom. The van der Waals surface area contributed by atoms with Gasteiger partial charge in [-0.3, -0.25) is 9.69 Å². The lowest BCUT2D eigenvalue weighted by Crippen LogP contribution is -2.32. The Kier molecular flexibility index (Phi) is 5.18. The molecule has 0 radical (unpaired) electrons. The van der Waals surface area contributed by atoms with Crippen molar-refractivity contribution in [1.82, 2.24) is 0 Å². The zero-order chi connectivity index (χ0) is 20.4. The summed E-state index contributed by atoms with van der Waals surface area (Å²) in [7, 11) is 1.61. The van der Waals surface area contributed by atoms with Crippen molar-refractivity contribution in [2.75, 3.05) is 12.0 Å². The zero-order valence-electron chi connectivity index (χ0n) is 15.5. The fourth-order valence-electron chi connectivity index (χ4n) is 3.04. The van der Waals surface area contributed by atoms with Gasteiger partial charge in [0.25, 0.3) is 5.91 Å². The number of methoxy groups -OCH3 is 1. The molecule has 0 fully saturated rings. The van der Waals surface area contributed by atoms with Crippen LogP contribution in [-0.4, -0.2) is 24.0 Å². The summed E-state index contributed by atoms with van der Waals surface area (Å²) in [5.74, 6) is 1.16. The van der Waals surface area contributed by atoms with E-state index in [0.29, 0.717) is 17.2 Å². The molecule has 0 spiro atoms. The van der Waals surface area contributed by atoms with Gasteiger partial charge < -0.3 is 9.84 Å². The highest BCUT2D eigenvalue weighted by Crippen LogP contribution is 2.31. The lowest BCUT2D eigenvalue weighted by molar-refractivity contribution is -0.113. The van der Waals surface area contributed by atoms with Crippen molar-refractivity contribution in [3.8, 4) is 11.5 Å². The summed E-state index contributed by atoms with van der Waals surface area (Å²) in [4.78, 5) is 19.5. The highest BCUT2D eigenvalue weighted by molar-refractivity contribution is 9.10. The molecule has 0 saturated carbocycles. The number of aliphatic imine (C=N–C) groups is 1. The predicted molar refractivity (Wildman–Crippen MR) is 117 cm³/mol. The molecule has 29 heavy (non-hydrogen) atoms. The Bertz CT molecular complexity index is 1120. The number of nitrogens with zero attached hydrogens (tertiary/aromatic N) is 2. The number of phenols is 1. The number of hydrogen-bond acceptors (Lipinski definition) is 4. The number of hydrogen-bond donors (Lipinski definition) is 1. The van der Waals surface area contributed by atoms with Crippen LogP contribution in [0.2, 0.25) is 0 Å². The molecule has 0 atom stereocenters. The van der Waals surface area contributed by atoms with Crippen molar-refractivity contribution in [3.05, 3.63) is 94.1 Å². The summed E-state index contributed by atoms with van der Waals surface area (Å²) >= 11 is 3.55. The van der Waals surface area contributed by atoms with Crippen LogP contribution in [0.15, 0.2) is 88.0 Å². The van der Waals surface area contributed by atoms with Gasteiger partial charge in [0.1, 0.15) is 23.0 Å². The molecule has 0 bridgehead atoms. The lowest BCUT2D eigenvalue weighted by atomic mass is 10.1. The molecular weight excluding hydrogens is 432 g/mol. The minimum atomic E-state index is -0.239. The molecule has 4 rings (SSSR count). The Balaban J connectivity index is 1.81. The molecule has 0 aromatic heterocycles. The summed E-state index contributed by atoms with van der Waals surface area (Å²) in [6.07, 6.45) is 1.75. The minimum Gasteiger partial charge on any atom is -0.508 e. The summed E-state index contributed by atoms with van der Waals surface area (Å²) < 4.78 is 6.02. The molecule has 1 aliphatic rings. The van der Waals surface area contributed by atoms with Gasteiger partial charge >= 0.3 is 0 Å². The van der Waals surface area contributed by atoms with Crippen LogP contribution >= 0.6 is 15.9 Å². The maximum absolute atomic E-state index is 13.3. The Morgan fingerprint density at radius 3 is 2.34 bits per heavy atom. The number of amides is 1. The first-order chi connectivity index (χ1) is 14.1. The number of rotatable bonds is 4. The maximum atomic E-state index is 13.3. The first-order valence-corrected chi connectivity index (χ1v) is 9.69. The van der Waals surface area contributed by atoms with Crippen LogP contribution in [0.1, 0.15) is 11.1 Å². The third-order valence-electron chi connectivity index (χ3n) is 4.50. The maximum Gasteiger partial charge on any atom is 0.282 e. The largest absolute Gasteiger partial charge is 0.508 e. The number of ether oxygens (including phenoxy) is 1. The Labute approximate surface area is 176 Å². The molecule has 1 aliphatic heterocycles. The van der Waals surface area contributed by atoms with E-state index in [9.17, 15) is 9.90 Å². The molecule has 3 aromatic carbocycles. The van der Waals surface area contributed by atoms with Gasteiger partial charge in [0.05, 0.1) is 12.8 Å². The molecule has 3 aromatic rings. The molecule has 0 unspecified atom stereocenters. The first kappa shape index (κ1) is 19.0. The summed E-state index contributed by atoms with van der Waals surface area (Å²) in [5, 5.41) is 9.62. The molecule has 144 valence electrons. The highest BCUT2D eigenvalue weighted by atomic mass is 79.9. The minimum absolute atomic E-state index is 0.133. The summed E-state index contributed by atoms with van der Waals surface area (Å²) in [5.41, 5.74) is 2.60. The van der Waals surface area contributed by atoms with E-state index in [-0.39, 0.29) is 11.7 Å². The number of carbonyl (C=O) groups is 1. The van der Waals surface area contributed by atoms with Crippen molar-refractivity contribution in [2.45, 2.75) is 0 Å². The van der Waals surface area contributed by atoms with Crippen LogP contribution in [0.5, 0.6) is 11.5 Å². The molecule has 5 nitrogen and oxygen atoms in total. The van der Waals surface area contributed by atoms with Gasteiger partial charge in [0, 0.05) is 10.0 Å². The van der Waals surface area contributed by atoms with Crippen molar-refractivity contribution in [2.24, 2.45) is 4.99 Å². The quantitative estimate of drug-likeness (QED) is 0.571. The average Bonchev–Trinajstić information content (AvgIpc) is 3.05. The SMILES string of the molecule is COc1ccc(/C=C2/N=C(c3ccccc3Br)N(c3ccc(O)cc3)C2=O)cc1. The van der Waals surface area contributed by atoms with Gasteiger partial charge in [-0.05, 0) is 54.1 Å². The van der Waals surface area contributed by atoms with Crippen molar-refractivity contribution < 1.29 is 14.6 Å². The molecule has 0 saturated heterocycles. The highest BCUT2D eigenvalue weighted by Gasteiger charge is 2.33. The average molecular weight is 449 g/mol. The summed E-state index contributed by atoms with van der Waals surface area (Å²) in [6, 6.07) is 21.5. The van der Waals surface area contributed by atoms with E-state index in [1.807, 2.05) is 48.5 Å². The van der Waals surface area contributed by atoms with Crippen molar-refractivity contribution in [3.63, 3.8) is 0 Å². The van der Waals surface area contributed by atoms with Gasteiger partial charge in [0.2, 0.25) is 0 Å². The predicted octanol–water partition coefficient (Wildman–Crippen LogP) is 5.00. The number of carbonyl (C=O) groups excluding carboxylic acids is 1. The van der Waals surface area contributed by atoms with E-state index >= 15 is 0 Å². The molecular formula is C23H17BrN2O3. The van der Waals surface area contributed by atoms with E-state index < -0.39 is 0 Å². The molecule has 0 aliphatic carbocycles. The van der Waals surface area contributed by atoms with Crippen LogP contribution in [0.3, 0.4) is 0 Å². The molecule has 1 amide bonds. The second-order valence-electron chi connectivity index (χ2n) is 6.37. The zero-order valence-corrected chi connectivity index (χ0v) is 17.1. The van der Waals surface area contributed by atoms with Gasteiger partial charge in [-0.15, -0.1) is 0 Å². The summed E-state index contributed by atoms with van der Waals surface area (Å²) in [6.45, 7) is 0. The number of phenolic OH excluding ortho intramolecular Hbond substituents is 1. The lowest BCUT2D eigenvalue weighted by Gasteiger charge is -2.19. The number of halogens is 1. The van der Waals surface area contributed by atoms with E-state index in [0.717, 1.165) is 21.3 Å². The van der Waals surface area contributed by atoms with Crippen LogP contribution in [0.4, 0.5) is 5.69 Å². The Hall–Kier alpha value is -3.38. The second kappa shape index (κ2) is 7.93. The van der Waals surface area contributed by atoms with E-state index in [1.165, 1.54) is 0 Å². The van der Waals surface area contributed by atoms with Gasteiger partial charge in [-0.25, -0.2) is 4.99 Å². The second-order valence-corrected chi connectivity index (χ2v) is 7.23. The standard InChI is InChI=1S/C23H17BrN2O3/c1-29-18-12-6-15(7-13-18)14-21-23(28)26(16-8-10-17(27)11-9-16)22(25-21)19-4-2-3-5-20(19)24/h2-14,27H,1H3/b21-14+. The normalized spacial score (nSPS) is 15.0. The van der Waals surface area contributed by atoms with Crippen LogP contribution in [0, 0.1) is 0 Å². The number of benzene rings is 3. The van der Waals surface area contributed by atoms with Crippen LogP contribution < -0.4 is 9.64 Å². The fourth-order valence-corrected chi connectivity index (χ4v) is 3.50. The molecule has 6 heteroatoms. The number of aromatic hydroxyl groups is 1.